The molecule has 2 unspecified atom stereocenters. The van der Waals surface area contributed by atoms with Crippen molar-refractivity contribution in [1.29, 1.82) is 0 Å². The summed E-state index contributed by atoms with van der Waals surface area (Å²) < 4.78 is 0. The molecule has 9 aromatic carbocycles. The largest absolute Gasteiger partial charge is 0.334 e. The molecule has 9 aromatic rings. The number of rotatable bonds is 6. The molecule has 1 saturated carbocycles. The summed E-state index contributed by atoms with van der Waals surface area (Å²) in [5, 5.41) is 0. The monoisotopic (exact) mass is 1000 g/mol. The summed E-state index contributed by atoms with van der Waals surface area (Å²) in [7, 11) is 0. The van der Waals surface area contributed by atoms with Crippen LogP contribution < -0.4 is 31.1 Å². The van der Waals surface area contributed by atoms with Crippen LogP contribution in [0.1, 0.15) is 118 Å². The molecular formula is C73H72BN3. The molecule has 0 bridgehead atoms. The van der Waals surface area contributed by atoms with Crippen molar-refractivity contribution in [3.8, 4) is 33.4 Å². The Morgan fingerprint density at radius 1 is 0.377 bits per heavy atom. The van der Waals surface area contributed by atoms with Crippen LogP contribution in [-0.4, -0.2) is 12.3 Å². The summed E-state index contributed by atoms with van der Waals surface area (Å²) in [4.78, 5) is 8.15. The zero-order valence-electron chi connectivity index (χ0n) is 47.1. The molecule has 1 aliphatic carbocycles. The van der Waals surface area contributed by atoms with Gasteiger partial charge in [0.1, 0.15) is 0 Å². The molecule has 4 heteroatoms. The zero-order valence-corrected chi connectivity index (χ0v) is 47.1. The van der Waals surface area contributed by atoms with E-state index in [1.807, 2.05) is 0 Å². The van der Waals surface area contributed by atoms with Gasteiger partial charge in [-0.1, -0.05) is 221 Å². The predicted molar refractivity (Wildman–Crippen MR) is 331 cm³/mol. The van der Waals surface area contributed by atoms with Crippen LogP contribution in [0.4, 0.5) is 45.5 Å². The van der Waals surface area contributed by atoms with E-state index in [1.165, 1.54) is 124 Å². The van der Waals surface area contributed by atoms with Gasteiger partial charge in [-0.05, 0) is 152 Å². The molecule has 3 aliphatic heterocycles. The summed E-state index contributed by atoms with van der Waals surface area (Å²) >= 11 is 0. The summed E-state index contributed by atoms with van der Waals surface area (Å²) in [6.45, 7) is 26.1. The maximum Gasteiger partial charge on any atom is 0.252 e. The molecule has 0 saturated heterocycles. The van der Waals surface area contributed by atoms with Gasteiger partial charge in [-0.2, -0.15) is 0 Å². The molecule has 382 valence electrons. The molecule has 0 N–H and O–H groups in total. The first-order valence-electron chi connectivity index (χ1n) is 28.3. The zero-order chi connectivity index (χ0) is 53.4. The van der Waals surface area contributed by atoms with E-state index in [1.54, 1.807) is 0 Å². The van der Waals surface area contributed by atoms with Crippen LogP contribution in [-0.2, 0) is 21.7 Å². The van der Waals surface area contributed by atoms with Gasteiger partial charge in [0.15, 0.2) is 0 Å². The summed E-state index contributed by atoms with van der Waals surface area (Å²) in [6.07, 6.45) is 3.47. The van der Waals surface area contributed by atoms with Crippen molar-refractivity contribution in [3.05, 3.63) is 222 Å². The predicted octanol–water partition coefficient (Wildman–Crippen LogP) is 18.0. The number of fused-ring (bicyclic) bond motifs is 7. The fourth-order valence-corrected chi connectivity index (χ4v) is 13.9. The smallest absolute Gasteiger partial charge is 0.252 e. The lowest BCUT2D eigenvalue weighted by atomic mass is 9.33. The first-order valence-corrected chi connectivity index (χ1v) is 28.3. The molecule has 3 heterocycles. The Morgan fingerprint density at radius 3 is 1.40 bits per heavy atom. The van der Waals surface area contributed by atoms with Gasteiger partial charge in [-0.15, -0.1) is 0 Å². The number of hydrogen-bond donors (Lipinski definition) is 0. The van der Waals surface area contributed by atoms with Gasteiger partial charge in [-0.3, -0.25) is 0 Å². The first-order chi connectivity index (χ1) is 36.8. The van der Waals surface area contributed by atoms with Crippen molar-refractivity contribution in [2.24, 2.45) is 0 Å². The van der Waals surface area contributed by atoms with Crippen molar-refractivity contribution in [2.45, 2.75) is 123 Å². The van der Waals surface area contributed by atoms with E-state index in [0.29, 0.717) is 0 Å². The molecule has 0 spiro atoms. The van der Waals surface area contributed by atoms with E-state index in [2.05, 4.69) is 291 Å². The van der Waals surface area contributed by atoms with Gasteiger partial charge in [0, 0.05) is 50.7 Å². The summed E-state index contributed by atoms with van der Waals surface area (Å²) in [5.74, 6) is 0. The lowest BCUT2D eigenvalue weighted by Gasteiger charge is -2.47. The van der Waals surface area contributed by atoms with E-state index < -0.39 is 0 Å². The second kappa shape index (κ2) is 17.5. The lowest BCUT2D eigenvalue weighted by molar-refractivity contribution is 0.330. The third kappa shape index (κ3) is 7.67. The van der Waals surface area contributed by atoms with E-state index in [0.717, 1.165) is 12.8 Å². The minimum Gasteiger partial charge on any atom is -0.334 e. The van der Waals surface area contributed by atoms with Crippen molar-refractivity contribution < 1.29 is 0 Å². The molecule has 4 aliphatic rings. The molecule has 77 heavy (non-hydrogen) atoms. The van der Waals surface area contributed by atoms with Crippen molar-refractivity contribution in [2.75, 3.05) is 14.7 Å². The minimum absolute atomic E-state index is 0.0156. The Balaban J connectivity index is 1.20. The SMILES string of the molecule is CC(C)(C)c1ccc2c(c1)B1c3ccc(-c4ccccc4)cc3N(c3ccc(C(C)(C)C)cc3-c3ccccc3)c3cc(N4c5ccccc5C5(C)CCCC45C)cc(c31)N2c1ccc(C(C)(C)C)cc1-c1ccccc1. The van der Waals surface area contributed by atoms with Crippen LogP contribution in [0.3, 0.4) is 0 Å². The van der Waals surface area contributed by atoms with Crippen molar-refractivity contribution >= 4 is 68.6 Å². The highest BCUT2D eigenvalue weighted by molar-refractivity contribution is 7.00. The molecule has 2 atom stereocenters. The van der Waals surface area contributed by atoms with Crippen LogP contribution in [0.5, 0.6) is 0 Å². The Bertz CT molecular complexity index is 3780. The van der Waals surface area contributed by atoms with Crippen LogP contribution >= 0.6 is 0 Å². The third-order valence-corrected chi connectivity index (χ3v) is 18.4. The number of anilines is 8. The van der Waals surface area contributed by atoms with E-state index in [-0.39, 0.29) is 33.9 Å². The van der Waals surface area contributed by atoms with Crippen molar-refractivity contribution in [1.82, 2.24) is 0 Å². The van der Waals surface area contributed by atoms with Gasteiger partial charge in [0.05, 0.1) is 16.9 Å². The summed E-state index contributed by atoms with van der Waals surface area (Å²) in [6, 6.07) is 77.2. The van der Waals surface area contributed by atoms with E-state index in [9.17, 15) is 0 Å². The van der Waals surface area contributed by atoms with Crippen molar-refractivity contribution in [3.63, 3.8) is 0 Å². The second-order valence-electron chi connectivity index (χ2n) is 26.2. The number of benzene rings is 9. The highest BCUT2D eigenvalue weighted by Gasteiger charge is 2.60. The molecule has 3 nitrogen and oxygen atoms in total. The van der Waals surface area contributed by atoms with Crippen LogP contribution in [0, 0.1) is 0 Å². The first kappa shape index (κ1) is 49.0. The number of nitrogens with zero attached hydrogens (tertiary/aromatic N) is 3. The Hall–Kier alpha value is -7.56. The molecule has 1 fully saturated rings. The Labute approximate surface area is 459 Å². The third-order valence-electron chi connectivity index (χ3n) is 18.4. The molecule has 13 rings (SSSR count). The highest BCUT2D eigenvalue weighted by atomic mass is 15.3. The van der Waals surface area contributed by atoms with E-state index >= 15 is 0 Å². The normalized spacial score (nSPS) is 18.4. The Morgan fingerprint density at radius 2 is 0.857 bits per heavy atom. The van der Waals surface area contributed by atoms with Gasteiger partial charge >= 0.3 is 0 Å². The van der Waals surface area contributed by atoms with Gasteiger partial charge in [0.25, 0.3) is 6.71 Å². The second-order valence-corrected chi connectivity index (χ2v) is 26.2. The fourth-order valence-electron chi connectivity index (χ4n) is 13.9. The average Bonchev–Trinajstić information content (AvgIpc) is 4.12. The molecular weight excluding hydrogens is 930 g/mol. The fraction of sp³-hybridized carbons (Fsp3) is 0.260. The van der Waals surface area contributed by atoms with Gasteiger partial charge in [0.2, 0.25) is 0 Å². The van der Waals surface area contributed by atoms with Gasteiger partial charge < -0.3 is 14.7 Å². The molecule has 0 amide bonds. The quantitative estimate of drug-likeness (QED) is 0.154. The maximum absolute atomic E-state index is 2.78. The van der Waals surface area contributed by atoms with E-state index in [4.69, 9.17) is 0 Å². The standard InChI is InChI=1S/C73H72BN3/c1-69(2,3)52-33-37-61(56(43-52)49-26-17-13-18-27-49)75-64-39-35-54(71(7,8)9)45-60(64)74-59-36-32-51(48-24-15-12-16-25-48)42-65(59)76(62-38-34-53(70(4,5)6)44-57(62)50-28-19-14-20-29-50)67-47-55(46-66(75)68(67)74)77-63-31-22-21-30-58(63)72(10)40-23-41-73(72,77)11/h12-22,24-39,42-47H,23,40-41H2,1-11H3. The number of para-hydroxylation sites is 1. The number of hydrogen-bond acceptors (Lipinski definition) is 3. The van der Waals surface area contributed by atoms with Crippen LogP contribution in [0.2, 0.25) is 0 Å². The molecule has 0 aromatic heterocycles. The summed E-state index contributed by atoms with van der Waals surface area (Å²) in [5.41, 5.74) is 26.1. The van der Waals surface area contributed by atoms with Crippen LogP contribution in [0.25, 0.3) is 33.4 Å². The van der Waals surface area contributed by atoms with Crippen LogP contribution in [0.15, 0.2) is 200 Å². The Kier molecular flexibility index (Phi) is 11.1. The minimum atomic E-state index is -0.152. The van der Waals surface area contributed by atoms with Gasteiger partial charge in [-0.25, -0.2) is 0 Å². The maximum atomic E-state index is 2.78. The highest BCUT2D eigenvalue weighted by Crippen LogP contribution is 2.63. The lowest BCUT2D eigenvalue weighted by Crippen LogP contribution is -2.61. The molecule has 0 radical (unpaired) electrons. The topological polar surface area (TPSA) is 9.72 Å². The average molecular weight is 1000 g/mol.